The van der Waals surface area contributed by atoms with E-state index in [1.165, 1.54) is 24.1 Å². The third-order valence-electron chi connectivity index (χ3n) is 6.05. The van der Waals surface area contributed by atoms with Crippen LogP contribution in [0.2, 0.25) is 10.0 Å². The van der Waals surface area contributed by atoms with Crippen molar-refractivity contribution in [2.75, 3.05) is 37.6 Å². The number of amides is 1. The van der Waals surface area contributed by atoms with Gasteiger partial charge in [0.05, 0.1) is 35.4 Å². The lowest BCUT2D eigenvalue weighted by Gasteiger charge is -2.26. The van der Waals surface area contributed by atoms with E-state index in [1.54, 1.807) is 24.3 Å². The maximum atomic E-state index is 13.4. The molecule has 3 aromatic carbocycles. The summed E-state index contributed by atoms with van der Waals surface area (Å²) in [7, 11) is 5.25. The largest absolute Gasteiger partial charge is 0.507 e. The summed E-state index contributed by atoms with van der Waals surface area (Å²) in [5.41, 5.74) is 2.14. The number of nitrogens with zero attached hydrogens (tertiary/aromatic N) is 2. The number of ether oxygens (including phenoxy) is 2. The lowest BCUT2D eigenvalue weighted by atomic mass is 9.94. The Morgan fingerprint density at radius 1 is 1.03 bits per heavy atom. The van der Waals surface area contributed by atoms with Crippen molar-refractivity contribution in [1.82, 2.24) is 0 Å². The highest BCUT2D eigenvalue weighted by Gasteiger charge is 2.47. The van der Waals surface area contributed by atoms with Crippen LogP contribution in [0.4, 0.5) is 11.4 Å². The Balaban J connectivity index is 1.94. The summed E-state index contributed by atoms with van der Waals surface area (Å²) in [5.74, 6) is -1.21. The summed E-state index contributed by atoms with van der Waals surface area (Å²) in [6.07, 6.45) is 0. The molecule has 1 unspecified atom stereocenters. The van der Waals surface area contributed by atoms with Crippen LogP contribution in [-0.4, -0.2) is 44.6 Å². The molecule has 1 fully saturated rings. The fourth-order valence-corrected chi connectivity index (χ4v) is 4.95. The van der Waals surface area contributed by atoms with Crippen molar-refractivity contribution in [1.29, 1.82) is 0 Å². The van der Waals surface area contributed by atoms with Gasteiger partial charge >= 0.3 is 0 Å². The van der Waals surface area contributed by atoms with E-state index >= 15 is 0 Å². The van der Waals surface area contributed by atoms with Gasteiger partial charge in [-0.15, -0.1) is 0 Å². The Labute approximate surface area is 225 Å². The molecule has 9 heteroatoms. The Kier molecular flexibility index (Phi) is 7.66. The molecule has 1 heterocycles. The Hall–Kier alpha value is -3.68. The van der Waals surface area contributed by atoms with E-state index in [1.807, 2.05) is 50.2 Å². The molecule has 7 nitrogen and oxygen atoms in total. The summed E-state index contributed by atoms with van der Waals surface area (Å²) in [5, 5.41) is 11.7. The maximum Gasteiger partial charge on any atom is 0.300 e. The highest BCUT2D eigenvalue weighted by molar-refractivity contribution is 6.51. The molecule has 0 aliphatic carbocycles. The summed E-state index contributed by atoms with van der Waals surface area (Å²) < 4.78 is 10.8. The first kappa shape index (κ1) is 26.4. The summed E-state index contributed by atoms with van der Waals surface area (Å²) >= 11 is 12.6. The lowest BCUT2D eigenvalue weighted by Crippen LogP contribution is -2.29. The average Bonchev–Trinajstić information content (AvgIpc) is 3.14. The Morgan fingerprint density at radius 3 is 2.24 bits per heavy atom. The Bertz CT molecular complexity index is 1360. The van der Waals surface area contributed by atoms with Gasteiger partial charge in [-0.05, 0) is 48.9 Å². The molecule has 192 valence electrons. The van der Waals surface area contributed by atoms with Crippen molar-refractivity contribution in [2.24, 2.45) is 0 Å². The second kappa shape index (κ2) is 10.7. The second-order valence-electron chi connectivity index (χ2n) is 8.56. The van der Waals surface area contributed by atoms with E-state index in [9.17, 15) is 14.7 Å². The van der Waals surface area contributed by atoms with Crippen molar-refractivity contribution in [3.05, 3.63) is 87.4 Å². The van der Waals surface area contributed by atoms with Crippen LogP contribution in [0.3, 0.4) is 0 Å². The number of ketones is 1. The molecule has 1 N–H and O–H groups in total. The van der Waals surface area contributed by atoms with Crippen LogP contribution in [0.1, 0.15) is 24.1 Å². The fourth-order valence-electron chi connectivity index (χ4n) is 4.31. The number of rotatable bonds is 7. The SMILES string of the molecule is CCOc1cccc(N2C(=O)C(=O)/C(=C(/O)c3cc(Cl)c(OC)c(Cl)c3)C2c2ccc(N(C)C)cc2)c1. The molecule has 0 aromatic heterocycles. The maximum absolute atomic E-state index is 13.4. The predicted octanol–water partition coefficient (Wildman–Crippen LogP) is 6.09. The molecule has 1 amide bonds. The minimum Gasteiger partial charge on any atom is -0.507 e. The average molecular weight is 541 g/mol. The van der Waals surface area contributed by atoms with Gasteiger partial charge < -0.3 is 19.5 Å². The summed E-state index contributed by atoms with van der Waals surface area (Å²) in [4.78, 5) is 30.2. The van der Waals surface area contributed by atoms with Crippen molar-refractivity contribution in [3.8, 4) is 11.5 Å². The minimum atomic E-state index is -0.909. The molecular weight excluding hydrogens is 515 g/mol. The van der Waals surface area contributed by atoms with E-state index in [0.717, 1.165) is 5.69 Å². The van der Waals surface area contributed by atoms with E-state index < -0.39 is 23.5 Å². The van der Waals surface area contributed by atoms with Gasteiger partial charge in [-0.3, -0.25) is 14.5 Å². The highest BCUT2D eigenvalue weighted by atomic mass is 35.5. The van der Waals surface area contributed by atoms with Gasteiger partial charge in [0.15, 0.2) is 5.75 Å². The third-order valence-corrected chi connectivity index (χ3v) is 6.61. The quantitative estimate of drug-likeness (QED) is 0.222. The monoisotopic (exact) mass is 540 g/mol. The molecule has 0 bridgehead atoms. The topological polar surface area (TPSA) is 79.3 Å². The zero-order chi connectivity index (χ0) is 26.9. The number of carbonyl (C=O) groups is 2. The second-order valence-corrected chi connectivity index (χ2v) is 9.37. The van der Waals surface area contributed by atoms with Gasteiger partial charge in [-0.1, -0.05) is 41.4 Å². The molecule has 1 aliphatic heterocycles. The molecule has 4 rings (SSSR count). The van der Waals surface area contributed by atoms with Crippen LogP contribution < -0.4 is 19.3 Å². The van der Waals surface area contributed by atoms with E-state index in [0.29, 0.717) is 23.6 Å². The zero-order valence-corrected chi connectivity index (χ0v) is 22.3. The molecule has 37 heavy (non-hydrogen) atoms. The number of hydrogen-bond donors (Lipinski definition) is 1. The number of aliphatic hydroxyl groups excluding tert-OH is 1. The number of Topliss-reactive ketones (excluding diaryl/α,β-unsaturated/α-hetero) is 1. The first-order valence-electron chi connectivity index (χ1n) is 11.5. The fraction of sp³-hybridized carbons (Fsp3) is 0.214. The molecule has 1 atom stereocenters. The van der Waals surface area contributed by atoms with Crippen LogP contribution in [0.5, 0.6) is 11.5 Å². The molecule has 1 saturated heterocycles. The van der Waals surface area contributed by atoms with Crippen LogP contribution >= 0.6 is 23.2 Å². The predicted molar refractivity (Wildman–Crippen MR) is 146 cm³/mol. The van der Waals surface area contributed by atoms with Gasteiger partial charge in [-0.25, -0.2) is 0 Å². The standard InChI is InChI=1S/C28H26Cl2N2O5/c1-5-37-20-8-6-7-19(15-20)32-24(16-9-11-18(12-10-16)31(2)3)23(26(34)28(32)35)25(33)17-13-21(29)27(36-4)22(30)14-17/h6-15,24,33H,5H2,1-4H3/b25-23+. The van der Waals surface area contributed by atoms with Crippen LogP contribution in [0.25, 0.3) is 5.76 Å². The molecule has 0 radical (unpaired) electrons. The number of aliphatic hydroxyl groups is 1. The summed E-state index contributed by atoms with van der Waals surface area (Å²) in [6, 6.07) is 16.3. The number of methoxy groups -OCH3 is 1. The van der Waals surface area contributed by atoms with Crippen LogP contribution in [0.15, 0.2) is 66.2 Å². The smallest absolute Gasteiger partial charge is 0.300 e. The molecular formula is C28H26Cl2N2O5. The molecule has 1 aliphatic rings. The van der Waals surface area contributed by atoms with Crippen LogP contribution in [-0.2, 0) is 9.59 Å². The lowest BCUT2D eigenvalue weighted by molar-refractivity contribution is -0.132. The number of anilines is 2. The zero-order valence-electron chi connectivity index (χ0n) is 20.8. The number of carbonyl (C=O) groups excluding carboxylic acids is 2. The normalized spacial score (nSPS) is 16.7. The summed E-state index contributed by atoms with van der Waals surface area (Å²) in [6.45, 7) is 2.30. The number of benzene rings is 3. The molecule has 0 spiro atoms. The van der Waals surface area contributed by atoms with Gasteiger partial charge in [0.25, 0.3) is 11.7 Å². The molecule has 3 aromatic rings. The van der Waals surface area contributed by atoms with Gasteiger partial charge in [-0.2, -0.15) is 0 Å². The van der Waals surface area contributed by atoms with E-state index in [4.69, 9.17) is 32.7 Å². The number of hydrogen-bond acceptors (Lipinski definition) is 6. The highest BCUT2D eigenvalue weighted by Crippen LogP contribution is 2.44. The van der Waals surface area contributed by atoms with Gasteiger partial charge in [0, 0.05) is 37.1 Å². The number of halogens is 2. The van der Waals surface area contributed by atoms with Crippen LogP contribution in [0, 0.1) is 0 Å². The Morgan fingerprint density at radius 2 is 1.68 bits per heavy atom. The first-order valence-corrected chi connectivity index (χ1v) is 12.3. The van der Waals surface area contributed by atoms with Crippen molar-refractivity contribution in [2.45, 2.75) is 13.0 Å². The third kappa shape index (κ3) is 4.97. The van der Waals surface area contributed by atoms with E-state index in [-0.39, 0.29) is 26.9 Å². The van der Waals surface area contributed by atoms with Crippen molar-refractivity contribution >= 4 is 52.0 Å². The van der Waals surface area contributed by atoms with Crippen molar-refractivity contribution in [3.63, 3.8) is 0 Å². The first-order chi connectivity index (χ1) is 17.7. The minimum absolute atomic E-state index is 0.0817. The molecule has 0 saturated carbocycles. The van der Waals surface area contributed by atoms with E-state index in [2.05, 4.69) is 0 Å². The van der Waals surface area contributed by atoms with Gasteiger partial charge in [0.1, 0.15) is 11.5 Å². The van der Waals surface area contributed by atoms with Crippen molar-refractivity contribution < 1.29 is 24.2 Å². The van der Waals surface area contributed by atoms with Gasteiger partial charge in [0.2, 0.25) is 0 Å².